The molecule has 1 aliphatic heterocycles. The van der Waals surface area contributed by atoms with Gasteiger partial charge in [-0.2, -0.15) is 0 Å². The maximum atomic E-state index is 13.4. The minimum absolute atomic E-state index is 0.00868. The van der Waals surface area contributed by atoms with Crippen LogP contribution in [0.2, 0.25) is 0 Å². The van der Waals surface area contributed by atoms with Crippen LogP contribution in [0.3, 0.4) is 0 Å². The number of carbonyl (C=O) groups excluding carboxylic acids is 1. The molecule has 1 fully saturated rings. The van der Waals surface area contributed by atoms with E-state index in [1.165, 1.54) is 0 Å². The molecule has 3 heterocycles. The molecule has 6 heteroatoms. The van der Waals surface area contributed by atoms with Crippen molar-refractivity contribution >= 4 is 5.91 Å². The first kappa shape index (κ1) is 20.2. The minimum Gasteiger partial charge on any atom is -0.336 e. The number of nitrogens with zero attached hydrogens (tertiary/aromatic N) is 5. The number of hydrogen-bond acceptors (Lipinski definition) is 5. The Bertz CT molecular complexity index is 983. The molecular formula is C24H27N5O. The number of pyridine rings is 1. The van der Waals surface area contributed by atoms with Crippen LogP contribution in [0.5, 0.6) is 0 Å². The molecular weight excluding hydrogens is 374 g/mol. The van der Waals surface area contributed by atoms with Crippen LogP contribution in [-0.2, 0) is 0 Å². The predicted octanol–water partition coefficient (Wildman–Crippen LogP) is 3.62. The summed E-state index contributed by atoms with van der Waals surface area (Å²) >= 11 is 0. The van der Waals surface area contributed by atoms with Gasteiger partial charge in [0.05, 0.1) is 11.3 Å². The summed E-state index contributed by atoms with van der Waals surface area (Å²) in [4.78, 5) is 31.1. The van der Waals surface area contributed by atoms with Gasteiger partial charge in [0.2, 0.25) is 0 Å². The third-order valence-corrected chi connectivity index (χ3v) is 5.29. The summed E-state index contributed by atoms with van der Waals surface area (Å²) in [6.45, 7) is 8.77. The second-order valence-corrected chi connectivity index (χ2v) is 8.04. The van der Waals surface area contributed by atoms with Crippen LogP contribution < -0.4 is 0 Å². The van der Waals surface area contributed by atoms with E-state index in [1.54, 1.807) is 18.6 Å². The highest BCUT2D eigenvalue weighted by Gasteiger charge is 2.26. The van der Waals surface area contributed by atoms with E-state index in [4.69, 9.17) is 4.98 Å². The van der Waals surface area contributed by atoms with E-state index in [9.17, 15) is 4.79 Å². The monoisotopic (exact) mass is 401 g/mol. The number of piperazine rings is 1. The lowest BCUT2D eigenvalue weighted by Crippen LogP contribution is -2.49. The van der Waals surface area contributed by atoms with Crippen molar-refractivity contribution in [1.29, 1.82) is 0 Å². The molecule has 30 heavy (non-hydrogen) atoms. The van der Waals surface area contributed by atoms with Crippen molar-refractivity contribution < 1.29 is 4.79 Å². The van der Waals surface area contributed by atoms with Gasteiger partial charge in [-0.15, -0.1) is 0 Å². The predicted molar refractivity (Wildman–Crippen MR) is 118 cm³/mol. The number of carbonyl (C=O) groups is 1. The summed E-state index contributed by atoms with van der Waals surface area (Å²) in [6.07, 6.45) is 5.12. The third kappa shape index (κ3) is 4.54. The number of amides is 1. The van der Waals surface area contributed by atoms with Crippen molar-refractivity contribution in [3.8, 4) is 22.6 Å². The molecule has 0 saturated carbocycles. The number of aromatic nitrogens is 3. The summed E-state index contributed by atoms with van der Waals surface area (Å²) < 4.78 is 0. The summed E-state index contributed by atoms with van der Waals surface area (Å²) in [5.41, 5.74) is 2.99. The summed E-state index contributed by atoms with van der Waals surface area (Å²) in [6, 6.07) is 13.6. The molecule has 4 rings (SSSR count). The lowest BCUT2D eigenvalue weighted by molar-refractivity contribution is 0.0624. The van der Waals surface area contributed by atoms with Crippen molar-refractivity contribution in [2.45, 2.75) is 13.8 Å². The van der Waals surface area contributed by atoms with E-state index >= 15 is 0 Å². The smallest absolute Gasteiger partial charge is 0.257 e. The van der Waals surface area contributed by atoms with Crippen LogP contribution in [0, 0.1) is 5.92 Å². The SMILES string of the molecule is CC(C)CN1CCN(C(=O)c2cnc(-c3ccccc3)nc2-c2ccncc2)CC1. The lowest BCUT2D eigenvalue weighted by atomic mass is 10.1. The maximum Gasteiger partial charge on any atom is 0.257 e. The Morgan fingerprint density at radius 3 is 2.33 bits per heavy atom. The quantitative estimate of drug-likeness (QED) is 0.653. The first-order chi connectivity index (χ1) is 14.6. The van der Waals surface area contributed by atoms with E-state index < -0.39 is 0 Å². The second kappa shape index (κ2) is 9.13. The molecule has 1 amide bonds. The first-order valence-electron chi connectivity index (χ1n) is 10.5. The van der Waals surface area contributed by atoms with Crippen LogP contribution >= 0.6 is 0 Å². The molecule has 0 spiro atoms. The van der Waals surface area contributed by atoms with Gasteiger partial charge in [-0.25, -0.2) is 9.97 Å². The van der Waals surface area contributed by atoms with E-state index in [1.807, 2.05) is 47.4 Å². The molecule has 1 aliphatic rings. The van der Waals surface area contributed by atoms with Gasteiger partial charge < -0.3 is 4.90 Å². The zero-order valence-electron chi connectivity index (χ0n) is 17.5. The fraction of sp³-hybridized carbons (Fsp3) is 0.333. The Balaban J connectivity index is 1.63. The van der Waals surface area contributed by atoms with Gasteiger partial charge in [0.15, 0.2) is 5.82 Å². The van der Waals surface area contributed by atoms with Crippen molar-refractivity contribution in [1.82, 2.24) is 24.8 Å². The average Bonchev–Trinajstić information content (AvgIpc) is 2.79. The maximum absolute atomic E-state index is 13.4. The number of hydrogen-bond donors (Lipinski definition) is 0. The Hall–Kier alpha value is -3.12. The topological polar surface area (TPSA) is 62.2 Å². The molecule has 154 valence electrons. The lowest BCUT2D eigenvalue weighted by Gasteiger charge is -2.35. The van der Waals surface area contributed by atoms with Crippen LogP contribution in [0.15, 0.2) is 61.1 Å². The fourth-order valence-electron chi connectivity index (χ4n) is 3.81. The Morgan fingerprint density at radius 2 is 1.67 bits per heavy atom. The van der Waals surface area contributed by atoms with Crippen molar-refractivity contribution in [3.05, 3.63) is 66.6 Å². The molecule has 0 unspecified atom stereocenters. The van der Waals surface area contributed by atoms with Crippen LogP contribution in [0.1, 0.15) is 24.2 Å². The van der Waals surface area contributed by atoms with E-state index in [2.05, 4.69) is 28.7 Å². The Labute approximate surface area is 177 Å². The molecule has 1 saturated heterocycles. The highest BCUT2D eigenvalue weighted by Crippen LogP contribution is 2.25. The molecule has 0 radical (unpaired) electrons. The molecule has 1 aromatic carbocycles. The average molecular weight is 402 g/mol. The van der Waals surface area contributed by atoms with Crippen LogP contribution in [0.4, 0.5) is 0 Å². The van der Waals surface area contributed by atoms with Gasteiger partial charge >= 0.3 is 0 Å². The van der Waals surface area contributed by atoms with Crippen molar-refractivity contribution in [3.63, 3.8) is 0 Å². The molecule has 0 bridgehead atoms. The van der Waals surface area contributed by atoms with Gasteiger partial charge in [0.25, 0.3) is 5.91 Å². The Morgan fingerprint density at radius 1 is 0.967 bits per heavy atom. The first-order valence-corrected chi connectivity index (χ1v) is 10.5. The molecule has 6 nitrogen and oxygen atoms in total. The largest absolute Gasteiger partial charge is 0.336 e. The van der Waals surface area contributed by atoms with Crippen molar-refractivity contribution in [2.24, 2.45) is 5.92 Å². The highest BCUT2D eigenvalue weighted by molar-refractivity contribution is 6.00. The van der Waals surface area contributed by atoms with E-state index in [0.29, 0.717) is 23.0 Å². The standard InChI is InChI=1S/C24H27N5O/c1-18(2)17-28-12-14-29(15-13-28)24(30)21-16-26-23(20-6-4-3-5-7-20)27-22(21)19-8-10-25-11-9-19/h3-11,16,18H,12-15,17H2,1-2H3. The molecule has 0 aliphatic carbocycles. The fourth-order valence-corrected chi connectivity index (χ4v) is 3.81. The summed E-state index contributed by atoms with van der Waals surface area (Å²) in [5, 5.41) is 0. The van der Waals surface area contributed by atoms with Gasteiger partial charge in [-0.3, -0.25) is 14.7 Å². The van der Waals surface area contributed by atoms with E-state index in [0.717, 1.165) is 43.9 Å². The normalized spacial score (nSPS) is 14.8. The molecule has 0 N–H and O–H groups in total. The number of rotatable bonds is 5. The molecule has 0 atom stereocenters. The van der Waals surface area contributed by atoms with Gasteiger partial charge in [0.1, 0.15) is 0 Å². The Kier molecular flexibility index (Phi) is 6.14. The van der Waals surface area contributed by atoms with E-state index in [-0.39, 0.29) is 5.91 Å². The second-order valence-electron chi connectivity index (χ2n) is 8.04. The molecule has 3 aromatic rings. The zero-order valence-corrected chi connectivity index (χ0v) is 17.5. The van der Waals surface area contributed by atoms with Crippen molar-refractivity contribution in [2.75, 3.05) is 32.7 Å². The number of benzene rings is 1. The van der Waals surface area contributed by atoms with Gasteiger partial charge in [0, 0.05) is 62.4 Å². The van der Waals surface area contributed by atoms with Gasteiger partial charge in [-0.1, -0.05) is 44.2 Å². The highest BCUT2D eigenvalue weighted by atomic mass is 16.2. The minimum atomic E-state index is -0.00868. The molecule has 2 aromatic heterocycles. The third-order valence-electron chi connectivity index (χ3n) is 5.29. The van der Waals surface area contributed by atoms with Gasteiger partial charge in [-0.05, 0) is 18.1 Å². The van der Waals surface area contributed by atoms with Crippen LogP contribution in [0.25, 0.3) is 22.6 Å². The summed E-state index contributed by atoms with van der Waals surface area (Å²) in [5.74, 6) is 1.23. The van der Waals surface area contributed by atoms with Crippen LogP contribution in [-0.4, -0.2) is 63.4 Å². The zero-order chi connectivity index (χ0) is 20.9. The summed E-state index contributed by atoms with van der Waals surface area (Å²) in [7, 11) is 0.